The molecule has 0 unspecified atom stereocenters. The van der Waals surface area contributed by atoms with E-state index in [0.717, 1.165) is 98.6 Å². The fourth-order valence-electron chi connectivity index (χ4n) is 7.52. The number of para-hydroxylation sites is 4. The molecular formula is C42H23N3O2. The molecule has 0 bridgehead atoms. The van der Waals surface area contributed by atoms with Gasteiger partial charge in [0.1, 0.15) is 22.3 Å². The molecule has 4 aromatic heterocycles. The molecular weight excluding hydrogens is 578 g/mol. The van der Waals surface area contributed by atoms with E-state index in [2.05, 4.69) is 120 Å². The third-order valence-electron chi connectivity index (χ3n) is 9.61. The van der Waals surface area contributed by atoms with Gasteiger partial charge in [0, 0.05) is 48.7 Å². The van der Waals surface area contributed by atoms with Gasteiger partial charge in [0.05, 0.1) is 16.7 Å². The van der Waals surface area contributed by atoms with Gasteiger partial charge in [0.15, 0.2) is 5.58 Å². The van der Waals surface area contributed by atoms with Crippen LogP contribution in [0.1, 0.15) is 0 Å². The second kappa shape index (κ2) is 9.05. The van der Waals surface area contributed by atoms with Crippen molar-refractivity contribution in [3.05, 3.63) is 140 Å². The number of hydrogen-bond acceptors (Lipinski definition) is 4. The van der Waals surface area contributed by atoms with Crippen LogP contribution in [0.3, 0.4) is 0 Å². The van der Waals surface area contributed by atoms with Gasteiger partial charge in [-0.15, -0.1) is 0 Å². The molecule has 5 nitrogen and oxygen atoms in total. The van der Waals surface area contributed by atoms with Gasteiger partial charge in [0.2, 0.25) is 5.95 Å². The first-order chi connectivity index (χ1) is 23.3. The minimum absolute atomic E-state index is 0.580. The Labute approximate surface area is 266 Å². The first-order valence-electron chi connectivity index (χ1n) is 15.8. The number of hydrogen-bond donors (Lipinski definition) is 0. The molecule has 0 aliphatic heterocycles. The Morgan fingerprint density at radius 3 is 2.04 bits per heavy atom. The van der Waals surface area contributed by atoms with Crippen LogP contribution in [-0.2, 0) is 0 Å². The first-order valence-corrected chi connectivity index (χ1v) is 15.8. The van der Waals surface area contributed by atoms with Crippen molar-refractivity contribution in [1.29, 1.82) is 0 Å². The summed E-state index contributed by atoms with van der Waals surface area (Å²) in [6, 6.07) is 48.2. The number of aromatic nitrogens is 3. The molecule has 47 heavy (non-hydrogen) atoms. The second-order valence-corrected chi connectivity index (χ2v) is 12.1. The predicted molar refractivity (Wildman–Crippen MR) is 191 cm³/mol. The molecule has 0 saturated heterocycles. The number of fused-ring (bicyclic) bond motifs is 13. The van der Waals surface area contributed by atoms with Crippen molar-refractivity contribution in [1.82, 2.24) is 14.5 Å². The number of benzene rings is 7. The first kappa shape index (κ1) is 24.8. The van der Waals surface area contributed by atoms with Crippen molar-refractivity contribution in [2.24, 2.45) is 0 Å². The van der Waals surface area contributed by atoms with Crippen LogP contribution in [0.15, 0.2) is 148 Å². The van der Waals surface area contributed by atoms with Crippen LogP contribution < -0.4 is 0 Å². The Balaban J connectivity index is 1.27. The van der Waals surface area contributed by atoms with Crippen LogP contribution in [-0.4, -0.2) is 14.5 Å². The van der Waals surface area contributed by atoms with E-state index < -0.39 is 0 Å². The highest BCUT2D eigenvalue weighted by atomic mass is 16.3. The van der Waals surface area contributed by atoms with Crippen LogP contribution >= 0.6 is 0 Å². The SMILES string of the molecule is c1ccc2c(c1)ccc1c3cccc(-c4nc(-n5c6ccccc6c6ccc7c8ccccc8oc7c65)nc5ccccc45)c3oc21. The highest BCUT2D eigenvalue weighted by molar-refractivity contribution is 6.22. The molecule has 0 spiro atoms. The monoisotopic (exact) mass is 601 g/mol. The minimum Gasteiger partial charge on any atom is -0.455 e. The molecule has 218 valence electrons. The van der Waals surface area contributed by atoms with Crippen molar-refractivity contribution < 1.29 is 8.83 Å². The molecule has 0 radical (unpaired) electrons. The lowest BCUT2D eigenvalue weighted by Gasteiger charge is -2.12. The van der Waals surface area contributed by atoms with E-state index >= 15 is 0 Å². The Hall–Kier alpha value is -6.46. The van der Waals surface area contributed by atoms with Crippen molar-refractivity contribution in [2.75, 3.05) is 0 Å². The molecule has 0 N–H and O–H groups in total. The second-order valence-electron chi connectivity index (χ2n) is 12.1. The maximum Gasteiger partial charge on any atom is 0.235 e. The zero-order valence-electron chi connectivity index (χ0n) is 24.9. The number of furan rings is 2. The van der Waals surface area contributed by atoms with Gasteiger partial charge < -0.3 is 8.83 Å². The molecule has 0 fully saturated rings. The summed E-state index contributed by atoms with van der Waals surface area (Å²) in [6.07, 6.45) is 0. The lowest BCUT2D eigenvalue weighted by Crippen LogP contribution is -2.03. The standard InChI is InChI=1S/C42H23N3O2/c1-2-11-25-24(10-1)20-21-31-29-15-9-16-33(40(29)47-39(25)31)37-32-14-3-6-17-34(32)43-42(44-37)45-35-18-7-4-12-26(35)28-22-23-30-27-13-5-8-19-36(27)46-41(30)38(28)45/h1-23H. The fourth-order valence-corrected chi connectivity index (χ4v) is 7.52. The van der Waals surface area contributed by atoms with Crippen LogP contribution in [0.4, 0.5) is 0 Å². The zero-order valence-corrected chi connectivity index (χ0v) is 24.9. The maximum atomic E-state index is 6.78. The highest BCUT2D eigenvalue weighted by Gasteiger charge is 2.23. The highest BCUT2D eigenvalue weighted by Crippen LogP contribution is 2.42. The lowest BCUT2D eigenvalue weighted by molar-refractivity contribution is 0.670. The summed E-state index contributed by atoms with van der Waals surface area (Å²) >= 11 is 0. The average Bonchev–Trinajstić information content (AvgIpc) is 3.81. The zero-order chi connectivity index (χ0) is 30.6. The molecule has 4 heterocycles. The van der Waals surface area contributed by atoms with Gasteiger partial charge in [-0.3, -0.25) is 4.57 Å². The lowest BCUT2D eigenvalue weighted by atomic mass is 10.0. The predicted octanol–water partition coefficient (Wildman–Crippen LogP) is 11.3. The Kier molecular flexibility index (Phi) is 4.78. The Bertz CT molecular complexity index is 3090. The molecule has 11 rings (SSSR count). The molecule has 0 atom stereocenters. The number of rotatable bonds is 2. The summed E-state index contributed by atoms with van der Waals surface area (Å²) in [6.45, 7) is 0. The van der Waals surface area contributed by atoms with Gasteiger partial charge in [-0.2, -0.15) is 0 Å². The van der Waals surface area contributed by atoms with E-state index in [-0.39, 0.29) is 0 Å². The van der Waals surface area contributed by atoms with Crippen molar-refractivity contribution >= 4 is 87.4 Å². The summed E-state index contributed by atoms with van der Waals surface area (Å²) < 4.78 is 15.5. The van der Waals surface area contributed by atoms with Crippen molar-refractivity contribution in [3.63, 3.8) is 0 Å². The normalized spacial score (nSPS) is 12.3. The molecule has 7 aromatic carbocycles. The topological polar surface area (TPSA) is 57.0 Å². The van der Waals surface area contributed by atoms with E-state index in [9.17, 15) is 0 Å². The average molecular weight is 602 g/mol. The molecule has 0 aliphatic carbocycles. The van der Waals surface area contributed by atoms with E-state index in [4.69, 9.17) is 18.8 Å². The minimum atomic E-state index is 0.580. The van der Waals surface area contributed by atoms with Crippen LogP contribution in [0.25, 0.3) is 105 Å². The maximum absolute atomic E-state index is 6.78. The number of nitrogens with zero attached hydrogens (tertiary/aromatic N) is 3. The van der Waals surface area contributed by atoms with Crippen LogP contribution in [0, 0.1) is 0 Å². The van der Waals surface area contributed by atoms with Gasteiger partial charge in [0.25, 0.3) is 0 Å². The largest absolute Gasteiger partial charge is 0.455 e. The van der Waals surface area contributed by atoms with Crippen molar-refractivity contribution in [3.8, 4) is 17.2 Å². The summed E-state index contributed by atoms with van der Waals surface area (Å²) in [4.78, 5) is 10.6. The van der Waals surface area contributed by atoms with Gasteiger partial charge in [-0.25, -0.2) is 9.97 Å². The van der Waals surface area contributed by atoms with Crippen LogP contribution in [0.5, 0.6) is 0 Å². The van der Waals surface area contributed by atoms with Gasteiger partial charge in [-0.05, 0) is 41.8 Å². The molecule has 0 saturated carbocycles. The van der Waals surface area contributed by atoms with E-state index in [1.54, 1.807) is 0 Å². The third kappa shape index (κ3) is 3.32. The summed E-state index contributed by atoms with van der Waals surface area (Å²) in [5.74, 6) is 0.580. The summed E-state index contributed by atoms with van der Waals surface area (Å²) in [7, 11) is 0. The van der Waals surface area contributed by atoms with Gasteiger partial charge in [-0.1, -0.05) is 103 Å². The van der Waals surface area contributed by atoms with E-state index in [1.807, 2.05) is 24.3 Å². The van der Waals surface area contributed by atoms with E-state index in [0.29, 0.717) is 5.95 Å². The molecule has 11 aromatic rings. The van der Waals surface area contributed by atoms with E-state index in [1.165, 1.54) is 0 Å². The molecule has 0 amide bonds. The fraction of sp³-hybridized carbons (Fsp3) is 0. The quantitative estimate of drug-likeness (QED) is 0.198. The summed E-state index contributed by atoms with van der Waals surface area (Å²) in [5, 5.41) is 9.74. The molecule has 5 heteroatoms. The summed E-state index contributed by atoms with van der Waals surface area (Å²) in [5.41, 5.74) is 7.96. The Morgan fingerprint density at radius 1 is 0.426 bits per heavy atom. The third-order valence-corrected chi connectivity index (χ3v) is 9.61. The Morgan fingerprint density at radius 2 is 1.11 bits per heavy atom. The smallest absolute Gasteiger partial charge is 0.235 e. The van der Waals surface area contributed by atoms with Crippen LogP contribution in [0.2, 0.25) is 0 Å². The van der Waals surface area contributed by atoms with Crippen molar-refractivity contribution in [2.45, 2.75) is 0 Å². The molecule has 0 aliphatic rings. The van der Waals surface area contributed by atoms with Gasteiger partial charge >= 0.3 is 0 Å².